The number of amides is 2. The van der Waals surface area contributed by atoms with Gasteiger partial charge in [0.2, 0.25) is 5.91 Å². The van der Waals surface area contributed by atoms with E-state index in [1.165, 1.54) is 14.0 Å². The van der Waals surface area contributed by atoms with Gasteiger partial charge in [-0.25, -0.2) is 4.79 Å². The quantitative estimate of drug-likeness (QED) is 0.926. The van der Waals surface area contributed by atoms with Crippen LogP contribution in [-0.4, -0.2) is 32.2 Å². The minimum atomic E-state index is -0.509. The molecule has 0 saturated heterocycles. The highest BCUT2D eigenvalue weighted by molar-refractivity contribution is 9.10. The van der Waals surface area contributed by atoms with Gasteiger partial charge in [0, 0.05) is 24.5 Å². The number of para-hydroxylation sites is 1. The summed E-state index contributed by atoms with van der Waals surface area (Å²) in [5, 5.41) is 2.54. The van der Waals surface area contributed by atoms with E-state index in [1.54, 1.807) is 4.90 Å². The standard InChI is InChI=1S/C12H15BrN2O3/c1-9(16)15(8-7-14-12(17)18-2)11-6-4-3-5-10(11)13/h3-6H,7-8H2,1-2H3,(H,14,17). The average Bonchev–Trinajstić information content (AvgIpc) is 2.35. The molecular formula is C12H15BrN2O3. The van der Waals surface area contributed by atoms with Crippen molar-refractivity contribution in [1.29, 1.82) is 0 Å². The van der Waals surface area contributed by atoms with Gasteiger partial charge in [-0.2, -0.15) is 0 Å². The van der Waals surface area contributed by atoms with Crippen molar-refractivity contribution in [2.75, 3.05) is 25.1 Å². The van der Waals surface area contributed by atoms with Crippen molar-refractivity contribution in [3.63, 3.8) is 0 Å². The number of halogens is 1. The van der Waals surface area contributed by atoms with E-state index in [0.717, 1.165) is 10.2 Å². The highest BCUT2D eigenvalue weighted by atomic mass is 79.9. The molecule has 0 bridgehead atoms. The zero-order chi connectivity index (χ0) is 13.5. The van der Waals surface area contributed by atoms with Crippen LogP contribution in [0.25, 0.3) is 0 Å². The molecule has 5 nitrogen and oxygen atoms in total. The molecule has 0 fully saturated rings. The molecule has 98 valence electrons. The van der Waals surface area contributed by atoms with Crippen LogP contribution in [0.1, 0.15) is 6.92 Å². The van der Waals surface area contributed by atoms with Gasteiger partial charge >= 0.3 is 6.09 Å². The van der Waals surface area contributed by atoms with Crippen molar-refractivity contribution in [2.45, 2.75) is 6.92 Å². The number of ether oxygens (including phenoxy) is 1. The summed E-state index contributed by atoms with van der Waals surface area (Å²) >= 11 is 3.39. The Hall–Kier alpha value is -1.56. The Balaban J connectivity index is 2.70. The van der Waals surface area contributed by atoms with Gasteiger partial charge in [-0.05, 0) is 28.1 Å². The molecule has 1 aromatic rings. The maximum atomic E-state index is 11.6. The number of benzene rings is 1. The average molecular weight is 315 g/mol. The van der Waals surface area contributed by atoms with E-state index in [9.17, 15) is 9.59 Å². The molecule has 0 aliphatic heterocycles. The van der Waals surface area contributed by atoms with Crippen molar-refractivity contribution in [3.05, 3.63) is 28.7 Å². The summed E-state index contributed by atoms with van der Waals surface area (Å²) in [7, 11) is 1.30. The molecule has 0 aromatic heterocycles. The van der Waals surface area contributed by atoms with E-state index in [0.29, 0.717) is 13.1 Å². The van der Waals surface area contributed by atoms with Gasteiger partial charge in [-0.1, -0.05) is 12.1 Å². The topological polar surface area (TPSA) is 58.6 Å². The van der Waals surface area contributed by atoms with Crippen molar-refractivity contribution in [3.8, 4) is 0 Å². The SMILES string of the molecule is COC(=O)NCCN(C(C)=O)c1ccccc1Br. The maximum absolute atomic E-state index is 11.6. The second-order valence-electron chi connectivity index (χ2n) is 3.54. The molecule has 0 atom stereocenters. The smallest absolute Gasteiger partial charge is 0.406 e. The Bertz CT molecular complexity index is 437. The molecular weight excluding hydrogens is 300 g/mol. The van der Waals surface area contributed by atoms with Crippen molar-refractivity contribution in [2.24, 2.45) is 0 Å². The Kier molecular flexibility index (Phi) is 5.64. The van der Waals surface area contributed by atoms with E-state index in [-0.39, 0.29) is 5.91 Å². The monoisotopic (exact) mass is 314 g/mol. The van der Waals surface area contributed by atoms with E-state index >= 15 is 0 Å². The van der Waals surface area contributed by atoms with E-state index < -0.39 is 6.09 Å². The van der Waals surface area contributed by atoms with Gasteiger partial charge in [0.05, 0.1) is 12.8 Å². The molecule has 0 aliphatic rings. The summed E-state index contributed by atoms with van der Waals surface area (Å²) < 4.78 is 5.29. The first kappa shape index (κ1) is 14.5. The van der Waals surface area contributed by atoms with Crippen LogP contribution in [0.4, 0.5) is 10.5 Å². The highest BCUT2D eigenvalue weighted by Gasteiger charge is 2.13. The third-order valence-electron chi connectivity index (χ3n) is 2.31. The lowest BCUT2D eigenvalue weighted by Crippen LogP contribution is -2.37. The molecule has 1 rings (SSSR count). The number of nitrogens with one attached hydrogen (secondary N) is 1. The summed E-state index contributed by atoms with van der Waals surface area (Å²) in [4.78, 5) is 24.1. The third-order valence-corrected chi connectivity index (χ3v) is 2.98. The van der Waals surface area contributed by atoms with Crippen LogP contribution in [0.2, 0.25) is 0 Å². The molecule has 18 heavy (non-hydrogen) atoms. The zero-order valence-electron chi connectivity index (χ0n) is 10.3. The molecule has 0 unspecified atom stereocenters. The molecule has 0 spiro atoms. The number of carbonyl (C=O) groups excluding carboxylic acids is 2. The Labute approximate surface area is 114 Å². The second kappa shape index (κ2) is 7.00. The van der Waals surface area contributed by atoms with Crippen LogP contribution < -0.4 is 10.2 Å². The number of rotatable bonds is 4. The van der Waals surface area contributed by atoms with Gasteiger partial charge < -0.3 is 15.0 Å². The van der Waals surface area contributed by atoms with E-state index in [4.69, 9.17) is 0 Å². The van der Waals surface area contributed by atoms with Gasteiger partial charge in [0.15, 0.2) is 0 Å². The molecule has 1 aromatic carbocycles. The number of carbonyl (C=O) groups is 2. The van der Waals surface area contributed by atoms with Crippen molar-refractivity contribution in [1.82, 2.24) is 5.32 Å². The zero-order valence-corrected chi connectivity index (χ0v) is 11.9. The minimum Gasteiger partial charge on any atom is -0.453 e. The fraction of sp³-hybridized carbons (Fsp3) is 0.333. The normalized spacial score (nSPS) is 9.72. The lowest BCUT2D eigenvalue weighted by molar-refractivity contribution is -0.116. The summed E-state index contributed by atoms with van der Waals surface area (Å²) in [5.74, 6) is -0.0893. The predicted octanol–water partition coefficient (Wildman–Crippen LogP) is 2.16. The Morgan fingerprint density at radius 1 is 1.39 bits per heavy atom. The molecule has 2 amide bonds. The molecule has 0 saturated carbocycles. The lowest BCUT2D eigenvalue weighted by Gasteiger charge is -2.22. The number of anilines is 1. The van der Waals surface area contributed by atoms with E-state index in [1.807, 2.05) is 24.3 Å². The Morgan fingerprint density at radius 2 is 2.06 bits per heavy atom. The number of alkyl carbamates (subject to hydrolysis) is 1. The molecule has 0 heterocycles. The lowest BCUT2D eigenvalue weighted by atomic mass is 10.3. The van der Waals surface area contributed by atoms with Crippen molar-refractivity contribution < 1.29 is 14.3 Å². The number of methoxy groups -OCH3 is 1. The van der Waals surface area contributed by atoms with Crippen LogP contribution in [-0.2, 0) is 9.53 Å². The molecule has 0 aliphatic carbocycles. The largest absolute Gasteiger partial charge is 0.453 e. The van der Waals surface area contributed by atoms with Gasteiger partial charge in [-0.15, -0.1) is 0 Å². The molecule has 1 N–H and O–H groups in total. The van der Waals surface area contributed by atoms with Crippen LogP contribution in [0.15, 0.2) is 28.7 Å². The third kappa shape index (κ3) is 4.03. The minimum absolute atomic E-state index is 0.0893. The summed E-state index contributed by atoms with van der Waals surface area (Å²) in [5.41, 5.74) is 0.775. The predicted molar refractivity (Wildman–Crippen MR) is 72.6 cm³/mol. The van der Waals surface area contributed by atoms with Crippen LogP contribution >= 0.6 is 15.9 Å². The number of hydrogen-bond donors (Lipinski definition) is 1. The second-order valence-corrected chi connectivity index (χ2v) is 4.39. The molecule has 0 radical (unpaired) electrons. The Morgan fingerprint density at radius 3 is 2.61 bits per heavy atom. The summed E-state index contributed by atoms with van der Waals surface area (Å²) in [6, 6.07) is 7.42. The van der Waals surface area contributed by atoms with E-state index in [2.05, 4.69) is 26.0 Å². The van der Waals surface area contributed by atoms with Crippen LogP contribution in [0, 0.1) is 0 Å². The fourth-order valence-corrected chi connectivity index (χ4v) is 1.96. The molecule has 6 heteroatoms. The fourth-order valence-electron chi connectivity index (χ4n) is 1.46. The van der Waals surface area contributed by atoms with Gasteiger partial charge in [0.25, 0.3) is 0 Å². The number of hydrogen-bond acceptors (Lipinski definition) is 3. The highest BCUT2D eigenvalue weighted by Crippen LogP contribution is 2.25. The first-order chi connectivity index (χ1) is 8.56. The number of nitrogens with zero attached hydrogens (tertiary/aromatic N) is 1. The van der Waals surface area contributed by atoms with Crippen LogP contribution in [0.5, 0.6) is 0 Å². The first-order valence-corrected chi connectivity index (χ1v) is 6.20. The first-order valence-electron chi connectivity index (χ1n) is 5.40. The van der Waals surface area contributed by atoms with Crippen LogP contribution in [0.3, 0.4) is 0 Å². The van der Waals surface area contributed by atoms with Gasteiger partial charge in [-0.3, -0.25) is 4.79 Å². The summed E-state index contributed by atoms with van der Waals surface area (Å²) in [6.07, 6.45) is -0.509. The summed E-state index contributed by atoms with van der Waals surface area (Å²) in [6.45, 7) is 2.19. The van der Waals surface area contributed by atoms with Crippen molar-refractivity contribution >= 4 is 33.6 Å². The maximum Gasteiger partial charge on any atom is 0.406 e. The van der Waals surface area contributed by atoms with Gasteiger partial charge in [0.1, 0.15) is 0 Å².